The van der Waals surface area contributed by atoms with Crippen molar-refractivity contribution in [2.45, 2.75) is 88.5 Å². The second kappa shape index (κ2) is 12.5. The van der Waals surface area contributed by atoms with Gasteiger partial charge in [0, 0.05) is 0 Å². The van der Waals surface area contributed by atoms with Gasteiger partial charge in [-0.05, 0) is 0 Å². The summed E-state index contributed by atoms with van der Waals surface area (Å²) in [4.78, 5) is 4.97. The van der Waals surface area contributed by atoms with Crippen molar-refractivity contribution in [3.63, 3.8) is 0 Å². The topological polar surface area (TPSA) is 19.6 Å². The number of piperazine rings is 1. The van der Waals surface area contributed by atoms with E-state index < -0.39 is 21.1 Å². The maximum absolute atomic E-state index is 6.04. The molecular weight excluding hydrogens is 439 g/mol. The maximum atomic E-state index is 6.04. The van der Waals surface area contributed by atoms with Crippen LogP contribution in [-0.4, -0.2) is 64.2 Å². The van der Waals surface area contributed by atoms with E-state index in [-0.39, 0.29) is 0 Å². The van der Waals surface area contributed by atoms with Gasteiger partial charge in [0.1, 0.15) is 0 Å². The van der Waals surface area contributed by atoms with Gasteiger partial charge in [-0.1, -0.05) is 0 Å². The standard InChI is InChI=1S/C13H27.C10H15N2O.Sn/c1-4-7-10-13(11-8-5-2)12-9-6-3;1-11-4-6-12(7-5-11)9-10-3-2-8-13-10;/h4-12H2,1-3H3;3,8H,4-7,9H2,1H3;. The van der Waals surface area contributed by atoms with Gasteiger partial charge in [0.15, 0.2) is 0 Å². The molecule has 27 heavy (non-hydrogen) atoms. The van der Waals surface area contributed by atoms with E-state index in [1.165, 1.54) is 89.7 Å². The third-order valence-corrected chi connectivity index (χ3v) is 11.3. The first-order valence-corrected chi connectivity index (χ1v) is 14.2. The molecule has 2 heterocycles. The van der Waals surface area contributed by atoms with Gasteiger partial charge in [-0.3, -0.25) is 0 Å². The molecule has 0 aromatic carbocycles. The summed E-state index contributed by atoms with van der Waals surface area (Å²) in [5.74, 6) is 1.20. The van der Waals surface area contributed by atoms with Crippen molar-refractivity contribution < 1.29 is 4.42 Å². The van der Waals surface area contributed by atoms with E-state index in [0.29, 0.717) is 3.43 Å². The van der Waals surface area contributed by atoms with Crippen LogP contribution in [0.2, 0.25) is 3.43 Å². The van der Waals surface area contributed by atoms with Crippen molar-refractivity contribution in [3.8, 4) is 0 Å². The van der Waals surface area contributed by atoms with Crippen LogP contribution in [0.4, 0.5) is 0 Å². The van der Waals surface area contributed by atoms with Gasteiger partial charge in [0.05, 0.1) is 0 Å². The predicted octanol–water partition coefficient (Wildman–Crippen LogP) is 5.09. The molecule has 1 saturated heterocycles. The Labute approximate surface area is 178 Å². The Balaban J connectivity index is 2.00. The van der Waals surface area contributed by atoms with E-state index in [1.807, 2.05) is 0 Å². The van der Waals surface area contributed by atoms with E-state index >= 15 is 0 Å². The summed E-state index contributed by atoms with van der Waals surface area (Å²) in [6.45, 7) is 12.7. The number of likely N-dealkylation sites (N-methyl/N-ethyl adjacent to an activating group) is 1. The average Bonchev–Trinajstić information content (AvgIpc) is 3.11. The molecule has 2 radical (unpaired) electrons. The Morgan fingerprint density at radius 1 is 0.926 bits per heavy atom. The van der Waals surface area contributed by atoms with E-state index in [2.05, 4.69) is 49.9 Å². The summed E-state index contributed by atoms with van der Waals surface area (Å²) in [5.41, 5.74) is 0. The van der Waals surface area contributed by atoms with Gasteiger partial charge >= 0.3 is 179 Å². The molecule has 4 heteroatoms. The van der Waals surface area contributed by atoms with E-state index in [4.69, 9.17) is 4.42 Å². The van der Waals surface area contributed by atoms with Crippen molar-refractivity contribution >= 4 is 24.7 Å². The molecule has 0 N–H and O–H groups in total. The second-order valence-corrected chi connectivity index (χ2v) is 14.0. The number of hydrogen-bond donors (Lipinski definition) is 0. The third-order valence-electron chi connectivity index (χ3n) is 6.07. The van der Waals surface area contributed by atoms with Gasteiger partial charge in [0.25, 0.3) is 0 Å². The Bertz CT molecular complexity index is 486. The molecule has 1 aliphatic heterocycles. The molecule has 1 aliphatic rings. The summed E-state index contributed by atoms with van der Waals surface area (Å²) in [5, 5.41) is 0. The van der Waals surface area contributed by atoms with Crippen LogP contribution < -0.4 is 3.58 Å². The van der Waals surface area contributed by atoms with E-state index in [0.717, 1.165) is 6.54 Å². The molecule has 3 nitrogen and oxygen atoms in total. The minimum absolute atomic E-state index is 0.651. The van der Waals surface area contributed by atoms with Crippen LogP contribution in [-0.2, 0) is 6.54 Å². The summed E-state index contributed by atoms with van der Waals surface area (Å²) in [6.07, 6.45) is 14.7. The fourth-order valence-electron chi connectivity index (χ4n) is 4.17. The second-order valence-electron chi connectivity index (χ2n) is 8.60. The zero-order chi connectivity index (χ0) is 19.5. The summed E-state index contributed by atoms with van der Waals surface area (Å²) < 4.78 is 8.30. The molecule has 0 unspecified atom stereocenters. The minimum atomic E-state index is -0.651. The van der Waals surface area contributed by atoms with Gasteiger partial charge in [-0.2, -0.15) is 0 Å². The first kappa shape index (κ1) is 23.3. The van der Waals surface area contributed by atoms with Crippen molar-refractivity contribution in [1.29, 1.82) is 0 Å². The SMILES string of the molecule is CCCC[C](CCCC)(CCCC)[Sn][c]1coc(CN2CCN(C)CC2)c1. The molecule has 1 fully saturated rings. The molecule has 154 valence electrons. The monoisotopic (exact) mass is 482 g/mol. The third kappa shape index (κ3) is 8.10. The molecule has 0 saturated carbocycles. The summed E-state index contributed by atoms with van der Waals surface area (Å²) in [7, 11) is 2.22. The molecule has 0 aliphatic carbocycles. The van der Waals surface area contributed by atoms with Crippen LogP contribution in [0.1, 0.15) is 84.3 Å². The molecule has 0 atom stereocenters. The number of furan rings is 1. The Hall–Kier alpha value is -0.00130. The molecule has 2 rings (SSSR count). The number of nitrogens with zero attached hydrogens (tertiary/aromatic N) is 2. The fourth-order valence-corrected chi connectivity index (χ4v) is 9.50. The van der Waals surface area contributed by atoms with Gasteiger partial charge in [-0.15, -0.1) is 0 Å². The molecule has 1 aromatic heterocycles. The van der Waals surface area contributed by atoms with Crippen molar-refractivity contribution in [3.05, 3.63) is 18.1 Å². The van der Waals surface area contributed by atoms with Crippen molar-refractivity contribution in [2.24, 2.45) is 0 Å². The van der Waals surface area contributed by atoms with Crippen LogP contribution in [0.15, 0.2) is 16.7 Å². The zero-order valence-corrected chi connectivity index (χ0v) is 21.2. The Morgan fingerprint density at radius 2 is 1.48 bits per heavy atom. The summed E-state index contributed by atoms with van der Waals surface area (Å²) in [6, 6.07) is 2.43. The van der Waals surface area contributed by atoms with Crippen LogP contribution in [0.5, 0.6) is 0 Å². The molecule has 0 bridgehead atoms. The van der Waals surface area contributed by atoms with Gasteiger partial charge in [-0.25, -0.2) is 0 Å². The zero-order valence-electron chi connectivity index (χ0n) is 18.4. The first-order chi connectivity index (χ1) is 13.1. The van der Waals surface area contributed by atoms with Crippen LogP contribution >= 0.6 is 0 Å². The first-order valence-electron chi connectivity index (χ1n) is 11.4. The van der Waals surface area contributed by atoms with Crippen LogP contribution in [0, 0.1) is 0 Å². The number of rotatable bonds is 13. The van der Waals surface area contributed by atoms with E-state index in [9.17, 15) is 0 Å². The van der Waals surface area contributed by atoms with E-state index in [1.54, 1.807) is 3.58 Å². The molecule has 0 amide bonds. The Kier molecular flexibility index (Phi) is 10.8. The summed E-state index contributed by atoms with van der Waals surface area (Å²) >= 11 is -0.651. The quantitative estimate of drug-likeness (QED) is 0.367. The predicted molar refractivity (Wildman–Crippen MR) is 118 cm³/mol. The fraction of sp³-hybridized carbons (Fsp3) is 0.826. The number of unbranched alkanes of at least 4 members (excludes halogenated alkanes) is 3. The van der Waals surface area contributed by atoms with Crippen LogP contribution in [0.25, 0.3) is 0 Å². The van der Waals surface area contributed by atoms with Crippen LogP contribution in [0.3, 0.4) is 0 Å². The van der Waals surface area contributed by atoms with Gasteiger partial charge < -0.3 is 0 Å². The van der Waals surface area contributed by atoms with Gasteiger partial charge in [0.2, 0.25) is 0 Å². The average molecular weight is 481 g/mol. The van der Waals surface area contributed by atoms with Crippen molar-refractivity contribution in [1.82, 2.24) is 9.80 Å². The normalized spacial score (nSPS) is 16.9. The molecule has 1 aromatic rings. The Morgan fingerprint density at radius 3 is 2.00 bits per heavy atom. The molecule has 0 spiro atoms. The molecular formula is C23H42N2OSn. The van der Waals surface area contributed by atoms with Crippen molar-refractivity contribution in [2.75, 3.05) is 33.2 Å². The number of hydrogen-bond acceptors (Lipinski definition) is 3.